The Kier molecular flexibility index (Phi) is 3.46. The predicted octanol–water partition coefficient (Wildman–Crippen LogP) is 1.56. The summed E-state index contributed by atoms with van der Waals surface area (Å²) < 4.78 is 0. The van der Waals surface area contributed by atoms with Gasteiger partial charge in [0.05, 0.1) is 0 Å². The van der Waals surface area contributed by atoms with Gasteiger partial charge in [-0.1, -0.05) is 29.8 Å². The number of aryl methyl sites for hydroxylation is 1. The maximum Gasteiger partial charge on any atom is 0.0464 e. The molecule has 0 aromatic heterocycles. The molecule has 0 unspecified atom stereocenters. The molecular weight excluding hydrogens is 160 g/mol. The van der Waals surface area contributed by atoms with Gasteiger partial charge in [-0.25, -0.2) is 0 Å². The zero-order valence-electron chi connectivity index (χ0n) is 8.62. The Balaban J connectivity index is 2.91. The summed E-state index contributed by atoms with van der Waals surface area (Å²) in [7, 11) is 4.11. The number of hydrogen-bond acceptors (Lipinski definition) is 2. The zero-order chi connectivity index (χ0) is 9.84. The second-order valence-corrected chi connectivity index (χ2v) is 3.63. The van der Waals surface area contributed by atoms with Gasteiger partial charge < -0.3 is 10.6 Å². The minimum Gasteiger partial charge on any atom is -0.329 e. The second-order valence-electron chi connectivity index (χ2n) is 3.63. The molecule has 0 saturated heterocycles. The molecule has 0 bridgehead atoms. The van der Waals surface area contributed by atoms with Crippen LogP contribution in [0, 0.1) is 6.92 Å². The van der Waals surface area contributed by atoms with Gasteiger partial charge in [-0.05, 0) is 26.6 Å². The lowest BCUT2D eigenvalue weighted by Gasteiger charge is -2.23. The standard InChI is InChI=1S/C11H18N2/c1-9-5-4-6-10(7-9)11(8-12)13(2)3/h4-7,11H,8,12H2,1-3H3/t11-/m1/s1. The van der Waals surface area contributed by atoms with Crippen molar-refractivity contribution in [2.45, 2.75) is 13.0 Å². The lowest BCUT2D eigenvalue weighted by Crippen LogP contribution is -2.27. The van der Waals surface area contributed by atoms with Gasteiger partial charge in [0.1, 0.15) is 0 Å². The van der Waals surface area contributed by atoms with Crippen LogP contribution in [-0.2, 0) is 0 Å². The highest BCUT2D eigenvalue weighted by molar-refractivity contribution is 5.25. The monoisotopic (exact) mass is 178 g/mol. The van der Waals surface area contributed by atoms with Crippen molar-refractivity contribution in [3.05, 3.63) is 35.4 Å². The molecule has 0 aliphatic rings. The minimum atomic E-state index is 0.333. The minimum absolute atomic E-state index is 0.333. The van der Waals surface area contributed by atoms with Crippen LogP contribution >= 0.6 is 0 Å². The van der Waals surface area contributed by atoms with E-state index in [2.05, 4.69) is 50.2 Å². The summed E-state index contributed by atoms with van der Waals surface area (Å²) in [4.78, 5) is 2.15. The first kappa shape index (κ1) is 10.2. The van der Waals surface area contributed by atoms with Crippen LogP contribution in [0.25, 0.3) is 0 Å². The molecule has 2 N–H and O–H groups in total. The number of likely N-dealkylation sites (N-methyl/N-ethyl adjacent to an activating group) is 1. The molecule has 13 heavy (non-hydrogen) atoms. The number of nitrogens with two attached hydrogens (primary N) is 1. The summed E-state index contributed by atoms with van der Waals surface area (Å²) in [5, 5.41) is 0. The summed E-state index contributed by atoms with van der Waals surface area (Å²) in [6, 6.07) is 8.84. The Labute approximate surface area is 80.4 Å². The van der Waals surface area contributed by atoms with E-state index in [1.807, 2.05) is 0 Å². The van der Waals surface area contributed by atoms with Crippen molar-refractivity contribution in [2.75, 3.05) is 20.6 Å². The van der Waals surface area contributed by atoms with E-state index < -0.39 is 0 Å². The third kappa shape index (κ3) is 2.54. The van der Waals surface area contributed by atoms with Gasteiger partial charge in [0.15, 0.2) is 0 Å². The molecule has 1 aromatic rings. The Hall–Kier alpha value is -0.860. The Morgan fingerprint density at radius 3 is 2.54 bits per heavy atom. The van der Waals surface area contributed by atoms with Gasteiger partial charge in [-0.2, -0.15) is 0 Å². The van der Waals surface area contributed by atoms with E-state index in [1.54, 1.807) is 0 Å². The third-order valence-corrected chi connectivity index (χ3v) is 2.27. The van der Waals surface area contributed by atoms with Gasteiger partial charge in [0, 0.05) is 12.6 Å². The van der Waals surface area contributed by atoms with Crippen LogP contribution in [0.5, 0.6) is 0 Å². The van der Waals surface area contributed by atoms with Crippen molar-refractivity contribution in [2.24, 2.45) is 5.73 Å². The van der Waals surface area contributed by atoms with Gasteiger partial charge in [-0.3, -0.25) is 0 Å². The normalized spacial score (nSPS) is 13.3. The molecule has 0 spiro atoms. The Bertz CT molecular complexity index is 269. The molecule has 2 nitrogen and oxygen atoms in total. The molecule has 0 aliphatic carbocycles. The third-order valence-electron chi connectivity index (χ3n) is 2.27. The molecule has 0 heterocycles. The van der Waals surface area contributed by atoms with Crippen LogP contribution < -0.4 is 5.73 Å². The molecule has 0 radical (unpaired) electrons. The fraction of sp³-hybridized carbons (Fsp3) is 0.455. The molecule has 1 aromatic carbocycles. The van der Waals surface area contributed by atoms with Crippen molar-refractivity contribution in [1.82, 2.24) is 4.90 Å². The molecule has 0 fully saturated rings. The predicted molar refractivity (Wildman–Crippen MR) is 56.7 cm³/mol. The quantitative estimate of drug-likeness (QED) is 0.761. The number of benzene rings is 1. The van der Waals surface area contributed by atoms with Crippen molar-refractivity contribution in [1.29, 1.82) is 0 Å². The van der Waals surface area contributed by atoms with Crippen LogP contribution in [0.3, 0.4) is 0 Å². The Morgan fingerprint density at radius 2 is 2.08 bits per heavy atom. The van der Waals surface area contributed by atoms with E-state index in [0.717, 1.165) is 0 Å². The summed E-state index contributed by atoms with van der Waals surface area (Å²) in [6.45, 7) is 2.77. The molecule has 0 amide bonds. The fourth-order valence-corrected chi connectivity index (χ4v) is 1.52. The highest BCUT2D eigenvalue weighted by Crippen LogP contribution is 2.17. The van der Waals surface area contributed by atoms with Gasteiger partial charge in [-0.15, -0.1) is 0 Å². The van der Waals surface area contributed by atoms with E-state index >= 15 is 0 Å². The molecule has 72 valence electrons. The van der Waals surface area contributed by atoms with E-state index in [-0.39, 0.29) is 0 Å². The highest BCUT2D eigenvalue weighted by atomic mass is 15.1. The van der Waals surface area contributed by atoms with Crippen molar-refractivity contribution in [3.63, 3.8) is 0 Å². The highest BCUT2D eigenvalue weighted by Gasteiger charge is 2.10. The van der Waals surface area contributed by atoms with E-state index in [4.69, 9.17) is 5.73 Å². The summed E-state index contributed by atoms with van der Waals surface area (Å²) in [5.74, 6) is 0. The average molecular weight is 178 g/mol. The number of nitrogens with zero attached hydrogens (tertiary/aromatic N) is 1. The summed E-state index contributed by atoms with van der Waals surface area (Å²) in [6.07, 6.45) is 0. The van der Waals surface area contributed by atoms with Crippen LogP contribution in [0.2, 0.25) is 0 Å². The van der Waals surface area contributed by atoms with Gasteiger partial charge >= 0.3 is 0 Å². The maximum atomic E-state index is 5.71. The van der Waals surface area contributed by atoms with Crippen LogP contribution in [0.1, 0.15) is 17.2 Å². The fourth-order valence-electron chi connectivity index (χ4n) is 1.52. The Morgan fingerprint density at radius 1 is 1.38 bits per heavy atom. The van der Waals surface area contributed by atoms with Crippen LogP contribution in [0.4, 0.5) is 0 Å². The molecule has 1 atom stereocenters. The summed E-state index contributed by atoms with van der Waals surface area (Å²) in [5.41, 5.74) is 8.30. The van der Waals surface area contributed by atoms with Crippen LogP contribution in [0.15, 0.2) is 24.3 Å². The largest absolute Gasteiger partial charge is 0.329 e. The number of hydrogen-bond donors (Lipinski definition) is 1. The molecule has 1 rings (SSSR count). The van der Waals surface area contributed by atoms with E-state index in [1.165, 1.54) is 11.1 Å². The number of rotatable bonds is 3. The van der Waals surface area contributed by atoms with E-state index in [0.29, 0.717) is 12.6 Å². The van der Waals surface area contributed by atoms with E-state index in [9.17, 15) is 0 Å². The topological polar surface area (TPSA) is 29.3 Å². The molecule has 0 aliphatic heterocycles. The smallest absolute Gasteiger partial charge is 0.0464 e. The second kappa shape index (κ2) is 4.40. The van der Waals surface area contributed by atoms with Gasteiger partial charge in [0.2, 0.25) is 0 Å². The first-order valence-electron chi connectivity index (χ1n) is 4.58. The first-order valence-corrected chi connectivity index (χ1v) is 4.58. The molecule has 0 saturated carbocycles. The maximum absolute atomic E-state index is 5.71. The SMILES string of the molecule is Cc1cccc([C@@H](CN)N(C)C)c1. The zero-order valence-corrected chi connectivity index (χ0v) is 8.62. The lowest BCUT2D eigenvalue weighted by atomic mass is 10.0. The van der Waals surface area contributed by atoms with Gasteiger partial charge in [0.25, 0.3) is 0 Å². The molecular formula is C11H18N2. The first-order chi connectivity index (χ1) is 6.15. The lowest BCUT2D eigenvalue weighted by molar-refractivity contribution is 0.306. The van der Waals surface area contributed by atoms with Crippen LogP contribution in [-0.4, -0.2) is 25.5 Å². The van der Waals surface area contributed by atoms with Crippen molar-refractivity contribution in [3.8, 4) is 0 Å². The van der Waals surface area contributed by atoms with Crippen molar-refractivity contribution < 1.29 is 0 Å². The average Bonchev–Trinajstić information content (AvgIpc) is 2.04. The molecule has 2 heteroatoms. The van der Waals surface area contributed by atoms with Crippen molar-refractivity contribution >= 4 is 0 Å². The summed E-state index contributed by atoms with van der Waals surface area (Å²) >= 11 is 0.